The molecule has 0 aliphatic carbocycles. The number of rotatable bonds is 8. The Hall–Kier alpha value is -2.40. The van der Waals surface area contributed by atoms with Crippen molar-refractivity contribution in [2.75, 3.05) is 7.05 Å². The van der Waals surface area contributed by atoms with Crippen LogP contribution < -0.4 is 4.74 Å². The number of nitrogens with zero attached hydrogens (tertiary/aromatic N) is 1. The fourth-order valence-electron chi connectivity index (χ4n) is 3.71. The highest BCUT2D eigenvalue weighted by atomic mass is 32.1. The summed E-state index contributed by atoms with van der Waals surface area (Å²) in [7, 11) is 2.17. The summed E-state index contributed by atoms with van der Waals surface area (Å²) < 4.78 is 6.10. The molecule has 0 N–H and O–H groups in total. The van der Waals surface area contributed by atoms with Crippen LogP contribution in [0, 0.1) is 0 Å². The first-order valence-corrected chi connectivity index (χ1v) is 12.8. The number of hydrogen-bond acceptors (Lipinski definition) is 4. The van der Waals surface area contributed by atoms with Crippen molar-refractivity contribution in [3.05, 3.63) is 98.4 Å². The molecular weight excluding hydrogens is 430 g/mol. The van der Waals surface area contributed by atoms with Gasteiger partial charge in [-0.1, -0.05) is 57.2 Å². The van der Waals surface area contributed by atoms with Crippen LogP contribution >= 0.6 is 22.7 Å². The highest BCUT2D eigenvalue weighted by molar-refractivity contribution is 7.10. The molecule has 166 valence electrons. The molecule has 0 radical (unpaired) electrons. The van der Waals surface area contributed by atoms with Crippen molar-refractivity contribution in [2.45, 2.75) is 45.9 Å². The van der Waals surface area contributed by atoms with Crippen LogP contribution in [0.2, 0.25) is 0 Å². The van der Waals surface area contributed by atoms with Crippen LogP contribution in [0.15, 0.2) is 76.8 Å². The van der Waals surface area contributed by atoms with Gasteiger partial charge in [0, 0.05) is 18.0 Å². The van der Waals surface area contributed by atoms with Crippen LogP contribution in [-0.4, -0.2) is 11.9 Å². The zero-order valence-corrected chi connectivity index (χ0v) is 20.9. The van der Waals surface area contributed by atoms with Crippen LogP contribution in [0.25, 0.3) is 11.1 Å². The van der Waals surface area contributed by atoms with Crippen molar-refractivity contribution in [2.24, 2.45) is 0 Å². The van der Waals surface area contributed by atoms with E-state index in [9.17, 15) is 0 Å². The average Bonchev–Trinajstić information content (AvgIpc) is 3.44. The summed E-state index contributed by atoms with van der Waals surface area (Å²) in [6.07, 6.45) is 0. The van der Waals surface area contributed by atoms with E-state index in [1.165, 1.54) is 32.7 Å². The lowest BCUT2D eigenvalue weighted by atomic mass is 9.87. The molecule has 0 spiro atoms. The van der Waals surface area contributed by atoms with Gasteiger partial charge in [0.05, 0.1) is 0 Å². The van der Waals surface area contributed by atoms with Crippen LogP contribution in [0.4, 0.5) is 0 Å². The van der Waals surface area contributed by atoms with E-state index in [0.29, 0.717) is 6.61 Å². The van der Waals surface area contributed by atoms with Crippen LogP contribution in [0.1, 0.15) is 42.3 Å². The maximum Gasteiger partial charge on any atom is 0.122 e. The molecule has 4 heteroatoms. The molecule has 0 bridgehead atoms. The first-order chi connectivity index (χ1) is 15.4. The molecule has 0 fully saturated rings. The van der Waals surface area contributed by atoms with Gasteiger partial charge in [-0.15, -0.1) is 11.3 Å². The predicted octanol–water partition coefficient (Wildman–Crippen LogP) is 7.99. The Labute approximate surface area is 200 Å². The van der Waals surface area contributed by atoms with Crippen molar-refractivity contribution in [1.82, 2.24) is 4.90 Å². The standard InChI is InChI=1S/C28H31NOS2/c1-28(2,3)25-10-8-21(9-11-25)16-29(4)17-22-6-5-7-26(14-22)30-18-27-15-24(20-32-27)23-12-13-31-19-23/h5-15,19-20H,16-18H2,1-4H3. The lowest BCUT2D eigenvalue weighted by Gasteiger charge is -2.21. The van der Waals surface area contributed by atoms with Gasteiger partial charge in [-0.05, 0) is 80.7 Å². The summed E-state index contributed by atoms with van der Waals surface area (Å²) in [4.78, 5) is 3.59. The van der Waals surface area contributed by atoms with Crippen LogP contribution in [-0.2, 0) is 25.1 Å². The average molecular weight is 462 g/mol. The van der Waals surface area contributed by atoms with Crippen molar-refractivity contribution >= 4 is 22.7 Å². The summed E-state index contributed by atoms with van der Waals surface area (Å²) >= 11 is 3.49. The van der Waals surface area contributed by atoms with Gasteiger partial charge in [-0.3, -0.25) is 4.90 Å². The smallest absolute Gasteiger partial charge is 0.122 e. The first kappa shape index (κ1) is 22.8. The zero-order chi connectivity index (χ0) is 22.6. The third kappa shape index (κ3) is 6.10. The largest absolute Gasteiger partial charge is 0.488 e. The first-order valence-electron chi connectivity index (χ1n) is 11.0. The van der Waals surface area contributed by atoms with Gasteiger partial charge < -0.3 is 4.74 Å². The Morgan fingerprint density at radius 3 is 2.34 bits per heavy atom. The van der Waals surface area contributed by atoms with E-state index in [1.807, 2.05) is 6.07 Å². The molecule has 4 rings (SSSR count). The van der Waals surface area contributed by atoms with E-state index in [0.717, 1.165) is 18.8 Å². The van der Waals surface area contributed by atoms with Crippen LogP contribution in [0.5, 0.6) is 5.75 Å². The summed E-state index contributed by atoms with van der Waals surface area (Å²) in [5.41, 5.74) is 6.74. The zero-order valence-electron chi connectivity index (χ0n) is 19.3. The molecule has 0 unspecified atom stereocenters. The second-order valence-electron chi connectivity index (χ2n) is 9.37. The lowest BCUT2D eigenvalue weighted by Crippen LogP contribution is -2.17. The van der Waals surface area contributed by atoms with Crippen molar-refractivity contribution in [1.29, 1.82) is 0 Å². The third-order valence-corrected chi connectivity index (χ3v) is 7.11. The molecule has 0 amide bonds. The Kier molecular flexibility index (Phi) is 7.14. The minimum absolute atomic E-state index is 0.194. The monoisotopic (exact) mass is 461 g/mol. The lowest BCUT2D eigenvalue weighted by molar-refractivity contribution is 0.304. The maximum atomic E-state index is 6.10. The van der Waals surface area contributed by atoms with E-state index in [-0.39, 0.29) is 5.41 Å². The number of thiophene rings is 2. The second kappa shape index (κ2) is 10.0. The molecule has 0 saturated carbocycles. The van der Waals surface area contributed by atoms with Crippen molar-refractivity contribution in [3.8, 4) is 16.9 Å². The topological polar surface area (TPSA) is 12.5 Å². The number of benzene rings is 2. The Morgan fingerprint density at radius 1 is 0.844 bits per heavy atom. The molecule has 2 aromatic carbocycles. The van der Waals surface area contributed by atoms with Gasteiger partial charge in [-0.2, -0.15) is 11.3 Å². The highest BCUT2D eigenvalue weighted by Gasteiger charge is 2.13. The van der Waals surface area contributed by atoms with Gasteiger partial charge in [0.2, 0.25) is 0 Å². The van der Waals surface area contributed by atoms with Crippen molar-refractivity contribution < 1.29 is 4.74 Å². The Bertz CT molecular complexity index is 1120. The van der Waals surface area contributed by atoms with Gasteiger partial charge >= 0.3 is 0 Å². The molecule has 2 aromatic heterocycles. The van der Waals surface area contributed by atoms with Crippen LogP contribution in [0.3, 0.4) is 0 Å². The molecule has 2 heterocycles. The second-order valence-corrected chi connectivity index (χ2v) is 11.1. The fourth-order valence-corrected chi connectivity index (χ4v) is 5.18. The quantitative estimate of drug-likeness (QED) is 0.264. The van der Waals surface area contributed by atoms with Gasteiger partial charge in [0.1, 0.15) is 12.4 Å². The molecule has 0 aliphatic rings. The SMILES string of the molecule is CN(Cc1ccc(C(C)(C)C)cc1)Cc1cccc(OCc2cc(-c3ccsc3)cs2)c1. The summed E-state index contributed by atoms with van der Waals surface area (Å²) in [6.45, 7) is 9.18. The minimum atomic E-state index is 0.194. The Morgan fingerprint density at radius 2 is 1.62 bits per heavy atom. The third-order valence-electron chi connectivity index (χ3n) is 5.51. The number of hydrogen-bond donors (Lipinski definition) is 0. The number of ether oxygens (including phenoxy) is 1. The molecule has 2 nitrogen and oxygen atoms in total. The van der Waals surface area contributed by atoms with Gasteiger partial charge in [0.25, 0.3) is 0 Å². The minimum Gasteiger partial charge on any atom is -0.488 e. The normalized spacial score (nSPS) is 11.8. The maximum absolute atomic E-state index is 6.10. The molecule has 0 aliphatic heterocycles. The van der Waals surface area contributed by atoms with E-state index in [4.69, 9.17) is 4.74 Å². The summed E-state index contributed by atoms with van der Waals surface area (Å²) in [5, 5.41) is 6.51. The molecule has 4 aromatic rings. The predicted molar refractivity (Wildman–Crippen MR) is 139 cm³/mol. The van der Waals surface area contributed by atoms with E-state index in [2.05, 4.69) is 103 Å². The van der Waals surface area contributed by atoms with E-state index < -0.39 is 0 Å². The summed E-state index contributed by atoms with van der Waals surface area (Å²) in [6, 6.07) is 21.9. The fraction of sp³-hybridized carbons (Fsp3) is 0.286. The van der Waals surface area contributed by atoms with E-state index >= 15 is 0 Å². The van der Waals surface area contributed by atoms with Crippen molar-refractivity contribution in [3.63, 3.8) is 0 Å². The molecule has 32 heavy (non-hydrogen) atoms. The molecular formula is C28H31NOS2. The summed E-state index contributed by atoms with van der Waals surface area (Å²) in [5.74, 6) is 0.927. The highest BCUT2D eigenvalue weighted by Crippen LogP contribution is 2.28. The van der Waals surface area contributed by atoms with Gasteiger partial charge in [-0.25, -0.2) is 0 Å². The Balaban J connectivity index is 1.31. The molecule has 0 saturated heterocycles. The molecule has 0 atom stereocenters. The van der Waals surface area contributed by atoms with E-state index in [1.54, 1.807) is 22.7 Å². The van der Waals surface area contributed by atoms with Gasteiger partial charge in [0.15, 0.2) is 0 Å².